The fourth-order valence-electron chi connectivity index (χ4n) is 2.18. The van der Waals surface area contributed by atoms with Crippen LogP contribution in [0, 0.1) is 0 Å². The summed E-state index contributed by atoms with van der Waals surface area (Å²) in [6.45, 7) is 0. The fourth-order valence-corrected chi connectivity index (χ4v) is 3.38. The highest BCUT2D eigenvalue weighted by atomic mass is 32.1. The van der Waals surface area contributed by atoms with E-state index in [9.17, 15) is 26.3 Å². The third-order valence-corrected chi connectivity index (χ3v) is 4.15. The summed E-state index contributed by atoms with van der Waals surface area (Å²) < 4.78 is 82.7. The maximum atomic E-state index is 12.4. The zero-order valence-corrected chi connectivity index (χ0v) is 11.8. The minimum atomic E-state index is -4.89. The summed E-state index contributed by atoms with van der Waals surface area (Å²) in [7, 11) is 0. The molecule has 9 heteroatoms. The van der Waals surface area contributed by atoms with Gasteiger partial charge in [-0.15, -0.1) is 37.7 Å². The average Bonchev–Trinajstić information content (AvgIpc) is 2.76. The Morgan fingerprint density at radius 1 is 0.652 bits per heavy atom. The molecule has 0 aliphatic carbocycles. The van der Waals surface area contributed by atoms with Crippen molar-refractivity contribution in [1.82, 2.24) is 0 Å². The second kappa shape index (κ2) is 5.19. The molecular formula is C14H6F6O2S. The number of rotatable bonds is 2. The Morgan fingerprint density at radius 3 is 1.39 bits per heavy atom. The van der Waals surface area contributed by atoms with Gasteiger partial charge in [-0.1, -0.05) is 24.3 Å². The Hall–Kier alpha value is -2.16. The van der Waals surface area contributed by atoms with Crippen LogP contribution in [-0.2, 0) is 0 Å². The van der Waals surface area contributed by atoms with E-state index in [4.69, 9.17) is 0 Å². The van der Waals surface area contributed by atoms with Crippen LogP contribution in [0.4, 0.5) is 26.3 Å². The van der Waals surface area contributed by atoms with Gasteiger partial charge in [0.25, 0.3) is 0 Å². The fraction of sp³-hybridized carbons (Fsp3) is 0.143. The maximum absolute atomic E-state index is 12.4. The van der Waals surface area contributed by atoms with Crippen molar-refractivity contribution in [2.24, 2.45) is 0 Å². The van der Waals surface area contributed by atoms with Gasteiger partial charge in [-0.2, -0.15) is 0 Å². The van der Waals surface area contributed by atoms with E-state index < -0.39 is 24.2 Å². The molecule has 0 saturated carbocycles. The number of fused-ring (bicyclic) bond motifs is 3. The molecule has 1 aromatic heterocycles. The molecule has 0 bridgehead atoms. The highest BCUT2D eigenvalue weighted by molar-refractivity contribution is 7.26. The first-order chi connectivity index (χ1) is 10.6. The lowest BCUT2D eigenvalue weighted by atomic mass is 10.1. The van der Waals surface area contributed by atoms with Gasteiger partial charge in [0, 0.05) is 10.8 Å². The molecule has 0 N–H and O–H groups in total. The molecule has 0 saturated heterocycles. The van der Waals surface area contributed by atoms with Crippen molar-refractivity contribution >= 4 is 31.5 Å². The molecule has 3 rings (SSSR count). The molecule has 2 nitrogen and oxygen atoms in total. The van der Waals surface area contributed by atoms with Crippen LogP contribution in [0.25, 0.3) is 20.2 Å². The number of hydrogen-bond acceptors (Lipinski definition) is 3. The minimum absolute atomic E-state index is 0.0954. The van der Waals surface area contributed by atoms with Crippen molar-refractivity contribution in [2.75, 3.05) is 0 Å². The van der Waals surface area contributed by atoms with Gasteiger partial charge in [0.15, 0.2) is 0 Å². The maximum Gasteiger partial charge on any atom is 0.573 e. The van der Waals surface area contributed by atoms with E-state index in [2.05, 4.69) is 9.47 Å². The van der Waals surface area contributed by atoms with Crippen molar-refractivity contribution in [3.8, 4) is 11.5 Å². The predicted molar refractivity (Wildman–Crippen MR) is 72.7 cm³/mol. The van der Waals surface area contributed by atoms with Gasteiger partial charge in [-0.3, -0.25) is 0 Å². The van der Waals surface area contributed by atoms with Crippen LogP contribution in [0.5, 0.6) is 11.5 Å². The van der Waals surface area contributed by atoms with Gasteiger partial charge in [0.1, 0.15) is 11.5 Å². The second-order valence-electron chi connectivity index (χ2n) is 4.46. The summed E-state index contributed by atoms with van der Waals surface area (Å²) in [4.78, 5) is 0. The summed E-state index contributed by atoms with van der Waals surface area (Å²) in [5.74, 6) is -0.927. The summed E-state index contributed by atoms with van der Waals surface area (Å²) >= 11 is 0.746. The molecule has 122 valence electrons. The molecule has 1 heterocycles. The zero-order valence-electron chi connectivity index (χ0n) is 11.0. The van der Waals surface area contributed by atoms with Crippen molar-refractivity contribution in [2.45, 2.75) is 12.7 Å². The monoisotopic (exact) mass is 352 g/mol. The summed E-state index contributed by atoms with van der Waals surface area (Å²) in [6, 6.07) is 7.91. The Labute approximate surface area is 128 Å². The molecule has 0 unspecified atom stereocenters. The molecule has 2 aromatic carbocycles. The standard InChI is InChI=1S/C14H6F6O2S/c15-13(16,17)21-9-5-1-3-7-8-4-2-6-10(22-14(18,19)20)12(8)23-11(7)9/h1-6H. The number of hydrogen-bond donors (Lipinski definition) is 0. The molecule has 0 spiro atoms. The van der Waals surface area contributed by atoms with Gasteiger partial charge >= 0.3 is 12.7 Å². The van der Waals surface area contributed by atoms with Gasteiger partial charge < -0.3 is 9.47 Å². The molecule has 0 fully saturated rings. The highest BCUT2D eigenvalue weighted by Crippen LogP contribution is 2.44. The highest BCUT2D eigenvalue weighted by Gasteiger charge is 2.34. The predicted octanol–water partition coefficient (Wildman–Crippen LogP) is 5.85. The summed E-state index contributed by atoms with van der Waals surface area (Å²) in [5.41, 5.74) is 0. The lowest BCUT2D eigenvalue weighted by Gasteiger charge is -2.09. The van der Waals surface area contributed by atoms with E-state index in [0.29, 0.717) is 10.8 Å². The number of halogens is 6. The quantitative estimate of drug-likeness (QED) is 0.539. The molecular weight excluding hydrogens is 346 g/mol. The number of alkyl halides is 6. The number of benzene rings is 2. The van der Waals surface area contributed by atoms with Crippen molar-refractivity contribution in [3.63, 3.8) is 0 Å². The summed E-state index contributed by atoms with van der Waals surface area (Å²) in [6.07, 6.45) is -9.79. The summed E-state index contributed by atoms with van der Waals surface area (Å²) in [5, 5.41) is 0.721. The van der Waals surface area contributed by atoms with Crippen LogP contribution >= 0.6 is 11.3 Å². The van der Waals surface area contributed by atoms with Gasteiger partial charge in [-0.05, 0) is 12.1 Å². The van der Waals surface area contributed by atoms with Crippen LogP contribution in [-0.4, -0.2) is 12.7 Å². The van der Waals surface area contributed by atoms with E-state index in [0.717, 1.165) is 23.5 Å². The van der Waals surface area contributed by atoms with E-state index in [1.165, 1.54) is 24.3 Å². The average molecular weight is 352 g/mol. The van der Waals surface area contributed by atoms with Gasteiger partial charge in [0.05, 0.1) is 9.40 Å². The molecule has 0 amide bonds. The molecule has 23 heavy (non-hydrogen) atoms. The molecule has 3 aromatic rings. The largest absolute Gasteiger partial charge is 0.573 e. The molecule has 0 aliphatic rings. The molecule has 0 atom stereocenters. The lowest BCUT2D eigenvalue weighted by molar-refractivity contribution is -0.275. The first kappa shape index (κ1) is 15.7. The first-order valence-electron chi connectivity index (χ1n) is 6.10. The van der Waals surface area contributed by atoms with Gasteiger partial charge in [0.2, 0.25) is 0 Å². The Morgan fingerprint density at radius 2 is 1.04 bits per heavy atom. The number of ether oxygens (including phenoxy) is 2. The van der Waals surface area contributed by atoms with Crippen molar-refractivity contribution in [1.29, 1.82) is 0 Å². The van der Waals surface area contributed by atoms with E-state index in [-0.39, 0.29) is 9.40 Å². The van der Waals surface area contributed by atoms with Crippen LogP contribution in [0.15, 0.2) is 36.4 Å². The SMILES string of the molecule is FC(F)(F)Oc1cccc2c1sc1c(OC(F)(F)F)cccc12. The third-order valence-electron chi connectivity index (χ3n) is 2.90. The Bertz CT molecular complexity index is 795. The van der Waals surface area contributed by atoms with Crippen LogP contribution in [0.3, 0.4) is 0 Å². The van der Waals surface area contributed by atoms with Crippen molar-refractivity contribution in [3.05, 3.63) is 36.4 Å². The van der Waals surface area contributed by atoms with Crippen LogP contribution < -0.4 is 9.47 Å². The van der Waals surface area contributed by atoms with Gasteiger partial charge in [-0.25, -0.2) is 0 Å². The number of thiophene rings is 1. The first-order valence-corrected chi connectivity index (χ1v) is 6.91. The minimum Gasteiger partial charge on any atom is -0.404 e. The van der Waals surface area contributed by atoms with E-state index in [1.807, 2.05) is 0 Å². The topological polar surface area (TPSA) is 18.5 Å². The smallest absolute Gasteiger partial charge is 0.404 e. The molecule has 0 aliphatic heterocycles. The Kier molecular flexibility index (Phi) is 3.55. The van der Waals surface area contributed by atoms with Crippen LogP contribution in [0.2, 0.25) is 0 Å². The second-order valence-corrected chi connectivity index (χ2v) is 5.48. The van der Waals surface area contributed by atoms with E-state index >= 15 is 0 Å². The normalized spacial score (nSPS) is 12.8. The lowest BCUT2D eigenvalue weighted by Crippen LogP contribution is -2.17. The third kappa shape index (κ3) is 3.29. The Balaban J connectivity index is 2.22. The molecule has 0 radical (unpaired) electrons. The zero-order chi connectivity index (χ0) is 16.8. The van der Waals surface area contributed by atoms with Crippen molar-refractivity contribution < 1.29 is 35.8 Å². The van der Waals surface area contributed by atoms with Crippen LogP contribution in [0.1, 0.15) is 0 Å². The van der Waals surface area contributed by atoms with E-state index in [1.54, 1.807) is 0 Å².